The van der Waals surface area contributed by atoms with Crippen LogP contribution in [0.5, 0.6) is 5.75 Å². The van der Waals surface area contributed by atoms with Gasteiger partial charge in [-0.15, -0.1) is 6.58 Å². The first kappa shape index (κ1) is 35.0. The summed E-state index contributed by atoms with van der Waals surface area (Å²) >= 11 is 6.48. The third-order valence-electron chi connectivity index (χ3n) is 11.6. The molecule has 4 aliphatic rings. The largest absolute Gasteiger partial charge is 0.490 e. The predicted octanol–water partition coefficient (Wildman–Crippen LogP) is 8.64. The van der Waals surface area contributed by atoms with Crippen LogP contribution in [0.15, 0.2) is 58.0 Å². The third kappa shape index (κ3) is 7.22. The van der Waals surface area contributed by atoms with Gasteiger partial charge in [-0.1, -0.05) is 44.5 Å². The highest BCUT2D eigenvalue weighted by Crippen LogP contribution is 2.47. The molecule has 2 N–H and O–H groups in total. The number of halogens is 1. The minimum Gasteiger partial charge on any atom is -0.490 e. The first-order valence-corrected chi connectivity index (χ1v) is 22.4. The van der Waals surface area contributed by atoms with E-state index in [1.165, 1.54) is 11.1 Å². The van der Waals surface area contributed by atoms with Crippen LogP contribution in [-0.2, 0) is 31.2 Å². The molecule has 258 valence electrons. The van der Waals surface area contributed by atoms with Crippen LogP contribution in [0.1, 0.15) is 76.8 Å². The number of nitrogens with two attached hydrogens (primary N) is 1. The summed E-state index contributed by atoms with van der Waals surface area (Å²) in [6.07, 6.45) is 10.3. The molecule has 1 spiro atoms. The van der Waals surface area contributed by atoms with Crippen molar-refractivity contribution in [3.05, 3.63) is 65.2 Å². The highest BCUT2D eigenvalue weighted by atomic mass is 35.5. The summed E-state index contributed by atoms with van der Waals surface area (Å²) in [4.78, 5) is 3.05. The number of nitrogens with zero attached hydrogens (tertiary/aromatic N) is 2. The van der Waals surface area contributed by atoms with Crippen molar-refractivity contribution in [1.82, 2.24) is 0 Å². The zero-order chi connectivity index (χ0) is 33.6. The topological polar surface area (TPSA) is 86.4 Å². The monoisotopic (exact) mass is 699 g/mol. The second kappa shape index (κ2) is 13.4. The molecule has 2 aromatic carbocycles. The maximum absolute atomic E-state index is 14.2. The molecule has 2 heterocycles. The van der Waals surface area contributed by atoms with E-state index in [4.69, 9.17) is 35.0 Å². The fourth-order valence-corrected chi connectivity index (χ4v) is 12.6. The second-order valence-corrected chi connectivity index (χ2v) is 23.2. The quantitative estimate of drug-likeness (QED) is 0.220. The summed E-state index contributed by atoms with van der Waals surface area (Å²) in [6.45, 7) is 17.9. The molecule has 2 aliphatic carbocycles. The average molecular weight is 700 g/mol. The molecule has 0 amide bonds. The van der Waals surface area contributed by atoms with Gasteiger partial charge in [-0.2, -0.15) is 0 Å². The number of ether oxygens (including phenoxy) is 3. The first-order chi connectivity index (χ1) is 22.2. The van der Waals surface area contributed by atoms with Gasteiger partial charge in [0.2, 0.25) is 0 Å². The molecule has 0 aromatic heterocycles. The number of benzene rings is 2. The van der Waals surface area contributed by atoms with Gasteiger partial charge in [0, 0.05) is 30.1 Å². The Morgan fingerprint density at radius 2 is 2.00 bits per heavy atom. The average Bonchev–Trinajstić information content (AvgIpc) is 3.15. The normalized spacial score (nSPS) is 28.1. The van der Waals surface area contributed by atoms with Crippen molar-refractivity contribution in [2.24, 2.45) is 21.0 Å². The molecular formula is C37H54ClN3O4SSi. The zero-order valence-electron chi connectivity index (χ0n) is 28.9. The Morgan fingerprint density at radius 1 is 1.19 bits per heavy atom. The standard InChI is InChI=1S/C37H54ClN3O4SSi/c1-7-33(45-35-12-8-9-20-43-35)30-16-13-27(30)23-41-24-37(19-10-11-26-21-28(38)14-17-31(26)37)25-44-34-18-15-29(22-32(34)41)46(39,42)40-47(5,6)36(2,3)4/h7,14-15,17-18,21-22,27,30,33,35H,1,8-13,16,19-20,23-25H2,2-6H3,(H2,39,40,42)/t27-,30+,33?,35?,37-,46?/m0/s1. The fourth-order valence-electron chi connectivity index (χ4n) is 7.67. The Morgan fingerprint density at radius 3 is 2.68 bits per heavy atom. The SMILES string of the molecule is C=CC(OC1CCCCO1)[C@@H]1CC[C@H]1CN1C[C@@]2(CCCc3cc(Cl)ccc32)COc2ccc(S(N)(=O)=N[Si](C)(C)C(C)(C)C)cc21. The number of anilines is 1. The number of rotatable bonds is 8. The number of hydrogen-bond donors (Lipinski definition) is 1. The van der Waals surface area contributed by atoms with Gasteiger partial charge in [0.25, 0.3) is 0 Å². The van der Waals surface area contributed by atoms with Crippen molar-refractivity contribution >= 4 is 35.4 Å². The lowest BCUT2D eigenvalue weighted by Gasteiger charge is -2.46. The van der Waals surface area contributed by atoms with Crippen LogP contribution in [0.4, 0.5) is 5.69 Å². The Hall–Kier alpha value is -1.88. The molecule has 10 heteroatoms. The highest BCUT2D eigenvalue weighted by molar-refractivity contribution is 7.92. The van der Waals surface area contributed by atoms with E-state index in [2.05, 4.69) is 57.5 Å². The molecular weight excluding hydrogens is 646 g/mol. The molecule has 3 unspecified atom stereocenters. The lowest BCUT2D eigenvalue weighted by atomic mass is 9.68. The Balaban J connectivity index is 1.37. The van der Waals surface area contributed by atoms with Gasteiger partial charge in [0.15, 0.2) is 14.5 Å². The lowest BCUT2D eigenvalue weighted by Crippen LogP contribution is -2.50. The molecule has 2 fully saturated rings. The van der Waals surface area contributed by atoms with Crippen LogP contribution in [-0.4, -0.2) is 51.1 Å². The first-order valence-electron chi connectivity index (χ1n) is 17.5. The van der Waals surface area contributed by atoms with E-state index in [1.54, 1.807) is 0 Å². The van der Waals surface area contributed by atoms with Crippen molar-refractivity contribution in [2.45, 2.75) is 113 Å². The van der Waals surface area contributed by atoms with E-state index in [0.717, 1.165) is 87.5 Å². The van der Waals surface area contributed by atoms with Gasteiger partial charge < -0.3 is 19.1 Å². The molecule has 0 bridgehead atoms. The maximum Gasteiger partial charge on any atom is 0.195 e. The van der Waals surface area contributed by atoms with Gasteiger partial charge in [-0.25, -0.2) is 9.35 Å². The molecule has 0 radical (unpaired) electrons. The van der Waals surface area contributed by atoms with Crippen molar-refractivity contribution < 1.29 is 18.4 Å². The molecule has 1 saturated carbocycles. The number of aryl methyl sites for hydroxylation is 1. The van der Waals surface area contributed by atoms with E-state index in [-0.39, 0.29) is 22.8 Å². The van der Waals surface area contributed by atoms with Crippen molar-refractivity contribution in [3.63, 3.8) is 0 Å². The molecule has 6 rings (SSSR count). The van der Waals surface area contributed by atoms with Crippen LogP contribution in [0.2, 0.25) is 23.2 Å². The van der Waals surface area contributed by atoms with Crippen LogP contribution < -0.4 is 14.8 Å². The fraction of sp³-hybridized carbons (Fsp3) is 0.622. The number of hydrogen-bond acceptors (Lipinski definition) is 6. The summed E-state index contributed by atoms with van der Waals surface area (Å²) < 4.78 is 38.3. The summed E-state index contributed by atoms with van der Waals surface area (Å²) in [5, 5.41) is 7.34. The molecule has 7 nitrogen and oxygen atoms in total. The summed E-state index contributed by atoms with van der Waals surface area (Å²) in [5.74, 6) is 1.56. The maximum atomic E-state index is 14.2. The van der Waals surface area contributed by atoms with E-state index in [9.17, 15) is 4.21 Å². The Labute approximate surface area is 289 Å². The molecule has 2 aromatic rings. The van der Waals surface area contributed by atoms with Crippen LogP contribution in [0.25, 0.3) is 0 Å². The van der Waals surface area contributed by atoms with Crippen molar-refractivity contribution in [3.8, 4) is 5.75 Å². The minimum atomic E-state index is -3.13. The van der Waals surface area contributed by atoms with Crippen LogP contribution >= 0.6 is 11.6 Å². The third-order valence-corrected chi connectivity index (χ3v) is 19.3. The smallest absolute Gasteiger partial charge is 0.195 e. The summed E-state index contributed by atoms with van der Waals surface area (Å²) in [7, 11) is -5.42. The molecule has 47 heavy (non-hydrogen) atoms. The summed E-state index contributed by atoms with van der Waals surface area (Å²) in [5.41, 5.74) is 3.39. The molecule has 6 atom stereocenters. The second-order valence-electron chi connectivity index (χ2n) is 15.8. The predicted molar refractivity (Wildman–Crippen MR) is 195 cm³/mol. The minimum absolute atomic E-state index is 0.0523. The zero-order valence-corrected chi connectivity index (χ0v) is 31.5. The number of fused-ring (bicyclic) bond motifs is 3. The van der Waals surface area contributed by atoms with Crippen LogP contribution in [0, 0.1) is 11.8 Å². The van der Waals surface area contributed by atoms with E-state index < -0.39 is 18.2 Å². The van der Waals surface area contributed by atoms with Gasteiger partial charge in [-0.05, 0) is 123 Å². The van der Waals surface area contributed by atoms with E-state index in [1.807, 2.05) is 30.3 Å². The molecule has 2 aliphatic heterocycles. The Kier molecular flexibility index (Phi) is 10.00. The van der Waals surface area contributed by atoms with Crippen LogP contribution in [0.3, 0.4) is 0 Å². The van der Waals surface area contributed by atoms with E-state index >= 15 is 0 Å². The van der Waals surface area contributed by atoms with Gasteiger partial charge >= 0.3 is 0 Å². The lowest BCUT2D eigenvalue weighted by molar-refractivity contribution is -0.197. The van der Waals surface area contributed by atoms with Gasteiger partial charge in [0.1, 0.15) is 15.7 Å². The Bertz CT molecular complexity index is 1600. The summed E-state index contributed by atoms with van der Waals surface area (Å²) in [6, 6.07) is 12.2. The van der Waals surface area contributed by atoms with Gasteiger partial charge in [0.05, 0.1) is 23.3 Å². The highest BCUT2D eigenvalue weighted by Gasteiger charge is 2.45. The van der Waals surface area contributed by atoms with E-state index in [0.29, 0.717) is 23.3 Å². The van der Waals surface area contributed by atoms with Gasteiger partial charge in [-0.3, -0.25) is 4.03 Å². The van der Waals surface area contributed by atoms with Crippen molar-refractivity contribution in [2.75, 3.05) is 31.2 Å². The molecule has 1 saturated heterocycles. The van der Waals surface area contributed by atoms with Crippen molar-refractivity contribution in [1.29, 1.82) is 0 Å².